The Hall–Kier alpha value is -1.17. The van der Waals surface area contributed by atoms with Crippen LogP contribution in [0.1, 0.15) is 12.8 Å². The Morgan fingerprint density at radius 3 is 2.57 bits per heavy atom. The van der Waals surface area contributed by atoms with Gasteiger partial charge in [-0.3, -0.25) is 4.79 Å². The first-order valence-corrected chi connectivity index (χ1v) is 7.33. The number of rotatable bonds is 4. The summed E-state index contributed by atoms with van der Waals surface area (Å²) in [6.45, 7) is 0.107. The molecule has 114 valence electrons. The van der Waals surface area contributed by atoms with E-state index in [1.165, 1.54) is 17.0 Å². The molecule has 1 aromatic rings. The van der Waals surface area contributed by atoms with E-state index in [9.17, 15) is 9.59 Å². The van der Waals surface area contributed by atoms with Crippen LogP contribution in [-0.4, -0.2) is 41.1 Å². The van der Waals surface area contributed by atoms with Crippen LogP contribution in [-0.2, 0) is 9.59 Å². The number of ether oxygens (including phenoxy) is 1. The first kappa shape index (κ1) is 16.2. The second-order valence-corrected chi connectivity index (χ2v) is 5.79. The van der Waals surface area contributed by atoms with Crippen molar-refractivity contribution in [3.05, 3.63) is 27.2 Å². The third-order valence-electron chi connectivity index (χ3n) is 3.18. The number of amides is 1. The van der Waals surface area contributed by atoms with Crippen molar-refractivity contribution in [1.29, 1.82) is 0 Å². The van der Waals surface area contributed by atoms with Crippen molar-refractivity contribution in [3.63, 3.8) is 0 Å². The molecule has 1 atom stereocenters. The summed E-state index contributed by atoms with van der Waals surface area (Å²) in [6, 6.07) is 2.05. The van der Waals surface area contributed by atoms with Crippen LogP contribution in [0.2, 0.25) is 15.1 Å². The maximum absolute atomic E-state index is 12.0. The molecule has 1 fully saturated rings. The molecule has 0 radical (unpaired) electrons. The second-order valence-electron chi connectivity index (χ2n) is 4.57. The van der Waals surface area contributed by atoms with Crippen LogP contribution in [0.5, 0.6) is 5.75 Å². The predicted octanol–water partition coefficient (Wildman–Crippen LogP) is 3.10. The molecule has 21 heavy (non-hydrogen) atoms. The minimum Gasteiger partial charge on any atom is -0.482 e. The fraction of sp³-hybridized carbons (Fsp3) is 0.385. The van der Waals surface area contributed by atoms with Crippen LogP contribution in [0, 0.1) is 0 Å². The minimum atomic E-state index is -1.01. The lowest BCUT2D eigenvalue weighted by atomic mass is 10.2. The Morgan fingerprint density at radius 2 is 1.90 bits per heavy atom. The van der Waals surface area contributed by atoms with E-state index in [0.717, 1.165) is 0 Å². The van der Waals surface area contributed by atoms with Gasteiger partial charge < -0.3 is 14.7 Å². The number of benzene rings is 1. The van der Waals surface area contributed by atoms with Gasteiger partial charge >= 0.3 is 5.97 Å². The van der Waals surface area contributed by atoms with Crippen LogP contribution in [0.3, 0.4) is 0 Å². The van der Waals surface area contributed by atoms with Crippen molar-refractivity contribution in [1.82, 2.24) is 4.90 Å². The number of hydrogen-bond donors (Lipinski definition) is 1. The minimum absolute atomic E-state index is 0.227. The Labute approximate surface area is 136 Å². The molecule has 1 aliphatic heterocycles. The number of nitrogens with zero attached hydrogens (tertiary/aromatic N) is 1. The summed E-state index contributed by atoms with van der Waals surface area (Å²) in [5, 5.41) is 9.81. The number of carbonyl (C=O) groups excluding carboxylic acids is 1. The highest BCUT2D eigenvalue weighted by atomic mass is 35.5. The molecule has 0 aliphatic carbocycles. The maximum atomic E-state index is 12.0. The summed E-state index contributed by atoms with van der Waals surface area (Å²) in [5.41, 5.74) is 0. The van der Waals surface area contributed by atoms with Gasteiger partial charge in [0.1, 0.15) is 11.8 Å². The average molecular weight is 353 g/mol. The van der Waals surface area contributed by atoms with Crippen molar-refractivity contribution in [2.75, 3.05) is 13.2 Å². The molecular formula is C13H12Cl3NO4. The summed E-state index contributed by atoms with van der Waals surface area (Å²) < 4.78 is 5.32. The lowest BCUT2D eigenvalue weighted by molar-refractivity contribution is -0.148. The summed E-state index contributed by atoms with van der Waals surface area (Å²) in [4.78, 5) is 24.4. The molecule has 8 heteroatoms. The molecule has 5 nitrogen and oxygen atoms in total. The van der Waals surface area contributed by atoms with Crippen LogP contribution in [0.15, 0.2) is 12.1 Å². The molecule has 1 amide bonds. The highest BCUT2D eigenvalue weighted by Crippen LogP contribution is 2.33. The van der Waals surface area contributed by atoms with Crippen LogP contribution >= 0.6 is 34.8 Å². The molecule has 1 heterocycles. The molecule has 1 aromatic carbocycles. The van der Waals surface area contributed by atoms with E-state index in [1.54, 1.807) is 0 Å². The van der Waals surface area contributed by atoms with Gasteiger partial charge in [0.2, 0.25) is 0 Å². The van der Waals surface area contributed by atoms with E-state index in [4.69, 9.17) is 44.6 Å². The molecule has 0 saturated carbocycles. The van der Waals surface area contributed by atoms with E-state index in [2.05, 4.69) is 0 Å². The number of halogens is 3. The molecule has 0 aromatic heterocycles. The van der Waals surface area contributed by atoms with Gasteiger partial charge in [-0.1, -0.05) is 34.8 Å². The molecule has 1 saturated heterocycles. The van der Waals surface area contributed by atoms with E-state index in [-0.39, 0.29) is 27.4 Å². The fourth-order valence-electron chi connectivity index (χ4n) is 2.16. The standard InChI is InChI=1S/C13H12Cl3NO4/c14-7-4-9(16)11(5-8(7)15)21-6-12(18)17-3-1-2-10(17)13(19)20/h4-5,10H,1-3,6H2,(H,19,20)/t10-/m0/s1. The number of carbonyl (C=O) groups is 2. The summed E-state index contributed by atoms with van der Waals surface area (Å²) in [5.74, 6) is -1.18. The van der Waals surface area contributed by atoms with Gasteiger partial charge in [-0.25, -0.2) is 4.79 Å². The van der Waals surface area contributed by atoms with Crippen molar-refractivity contribution >= 4 is 46.7 Å². The van der Waals surface area contributed by atoms with E-state index in [1.807, 2.05) is 0 Å². The van der Waals surface area contributed by atoms with Gasteiger partial charge in [-0.15, -0.1) is 0 Å². The maximum Gasteiger partial charge on any atom is 0.326 e. The molecule has 0 unspecified atom stereocenters. The first-order chi connectivity index (χ1) is 9.90. The number of aliphatic carboxylic acids is 1. The van der Waals surface area contributed by atoms with Gasteiger partial charge in [0, 0.05) is 12.6 Å². The zero-order valence-electron chi connectivity index (χ0n) is 10.8. The SMILES string of the molecule is O=C(O)[C@@H]1CCCN1C(=O)COc1cc(Cl)c(Cl)cc1Cl. The van der Waals surface area contributed by atoms with Crippen molar-refractivity contribution in [2.24, 2.45) is 0 Å². The third kappa shape index (κ3) is 3.73. The van der Waals surface area contributed by atoms with Crippen molar-refractivity contribution < 1.29 is 19.4 Å². The molecule has 0 bridgehead atoms. The van der Waals surface area contributed by atoms with Crippen molar-refractivity contribution in [2.45, 2.75) is 18.9 Å². The molecule has 1 aliphatic rings. The zero-order chi connectivity index (χ0) is 15.6. The predicted molar refractivity (Wildman–Crippen MR) is 79.3 cm³/mol. The van der Waals surface area contributed by atoms with Crippen LogP contribution in [0.4, 0.5) is 0 Å². The van der Waals surface area contributed by atoms with Crippen LogP contribution < -0.4 is 4.74 Å². The number of carboxylic acid groups (broad SMARTS) is 1. The highest BCUT2D eigenvalue weighted by Gasteiger charge is 2.34. The Balaban J connectivity index is 2.01. The van der Waals surface area contributed by atoms with Gasteiger partial charge in [-0.2, -0.15) is 0 Å². The second kappa shape index (κ2) is 6.73. The zero-order valence-corrected chi connectivity index (χ0v) is 13.1. The molecule has 0 spiro atoms. The lowest BCUT2D eigenvalue weighted by Gasteiger charge is -2.21. The Bertz CT molecular complexity index is 579. The summed E-state index contributed by atoms with van der Waals surface area (Å²) >= 11 is 17.6. The topological polar surface area (TPSA) is 66.8 Å². The normalized spacial score (nSPS) is 17.9. The Kier molecular flexibility index (Phi) is 5.19. The first-order valence-electron chi connectivity index (χ1n) is 6.19. The molecule has 2 rings (SSSR count). The summed E-state index contributed by atoms with van der Waals surface area (Å²) in [6.07, 6.45) is 1.12. The largest absolute Gasteiger partial charge is 0.482 e. The Morgan fingerprint density at radius 1 is 1.24 bits per heavy atom. The van der Waals surface area contributed by atoms with Gasteiger partial charge in [0.15, 0.2) is 6.61 Å². The number of hydrogen-bond acceptors (Lipinski definition) is 3. The fourth-order valence-corrected chi connectivity index (χ4v) is 2.75. The highest BCUT2D eigenvalue weighted by molar-refractivity contribution is 6.43. The van der Waals surface area contributed by atoms with Crippen molar-refractivity contribution in [3.8, 4) is 5.75 Å². The van der Waals surface area contributed by atoms with Gasteiger partial charge in [0.25, 0.3) is 5.91 Å². The van der Waals surface area contributed by atoms with E-state index in [0.29, 0.717) is 19.4 Å². The number of carboxylic acids is 1. The van der Waals surface area contributed by atoms with E-state index < -0.39 is 17.9 Å². The number of likely N-dealkylation sites (tertiary alicyclic amines) is 1. The van der Waals surface area contributed by atoms with E-state index >= 15 is 0 Å². The molecule has 1 N–H and O–H groups in total. The smallest absolute Gasteiger partial charge is 0.326 e. The lowest BCUT2D eigenvalue weighted by Crippen LogP contribution is -2.42. The van der Waals surface area contributed by atoms with Crippen LogP contribution in [0.25, 0.3) is 0 Å². The van der Waals surface area contributed by atoms with Gasteiger partial charge in [0.05, 0.1) is 15.1 Å². The monoisotopic (exact) mass is 351 g/mol. The third-order valence-corrected chi connectivity index (χ3v) is 4.20. The molecular weight excluding hydrogens is 341 g/mol. The van der Waals surface area contributed by atoms with Gasteiger partial charge in [-0.05, 0) is 18.9 Å². The summed E-state index contributed by atoms with van der Waals surface area (Å²) in [7, 11) is 0. The quantitative estimate of drug-likeness (QED) is 0.846. The average Bonchev–Trinajstić information content (AvgIpc) is 2.90.